The van der Waals surface area contributed by atoms with Crippen LogP contribution in [0.3, 0.4) is 0 Å². The van der Waals surface area contributed by atoms with Crippen LogP contribution in [0.5, 0.6) is 11.5 Å². The molecule has 0 spiro atoms. The summed E-state index contributed by atoms with van der Waals surface area (Å²) in [5.41, 5.74) is 1.95. The van der Waals surface area contributed by atoms with Crippen LogP contribution < -0.4 is 14.8 Å². The van der Waals surface area contributed by atoms with E-state index < -0.39 is 6.43 Å². The number of rotatable bonds is 5. The highest BCUT2D eigenvalue weighted by atomic mass is 19.3. The van der Waals surface area contributed by atoms with Crippen molar-refractivity contribution in [1.82, 2.24) is 4.98 Å². The Balaban J connectivity index is 2.01. The zero-order chi connectivity index (χ0) is 17.1. The van der Waals surface area contributed by atoms with Crippen LogP contribution in [0.2, 0.25) is 0 Å². The summed E-state index contributed by atoms with van der Waals surface area (Å²) in [5, 5.41) is 4.01. The number of alkyl halides is 2. The molecule has 4 nitrogen and oxygen atoms in total. The lowest BCUT2D eigenvalue weighted by atomic mass is 10.1. The topological polar surface area (TPSA) is 43.4 Å². The van der Waals surface area contributed by atoms with Crippen molar-refractivity contribution in [2.75, 3.05) is 19.5 Å². The fraction of sp³-hybridized carbons (Fsp3) is 0.167. The van der Waals surface area contributed by atoms with Gasteiger partial charge in [0.05, 0.1) is 25.4 Å². The van der Waals surface area contributed by atoms with Crippen molar-refractivity contribution in [3.05, 3.63) is 54.2 Å². The first-order valence-electron chi connectivity index (χ1n) is 7.28. The number of nitrogens with zero attached hydrogens (tertiary/aromatic N) is 1. The number of aromatic nitrogens is 1. The molecule has 124 valence electrons. The molecule has 1 N–H and O–H groups in total. The number of hydrogen-bond donors (Lipinski definition) is 1. The molecule has 0 saturated carbocycles. The van der Waals surface area contributed by atoms with Crippen molar-refractivity contribution >= 4 is 22.3 Å². The molecule has 24 heavy (non-hydrogen) atoms. The summed E-state index contributed by atoms with van der Waals surface area (Å²) < 4.78 is 36.2. The molecule has 0 atom stereocenters. The van der Waals surface area contributed by atoms with E-state index >= 15 is 0 Å². The summed E-state index contributed by atoms with van der Waals surface area (Å²) in [7, 11) is 3.15. The number of ether oxygens (including phenoxy) is 2. The van der Waals surface area contributed by atoms with E-state index in [4.69, 9.17) is 9.47 Å². The minimum Gasteiger partial charge on any atom is -0.497 e. The number of halogens is 2. The van der Waals surface area contributed by atoms with Crippen LogP contribution in [0.4, 0.5) is 20.2 Å². The highest BCUT2D eigenvalue weighted by molar-refractivity contribution is 5.93. The molecule has 0 aliphatic carbocycles. The third-order valence-electron chi connectivity index (χ3n) is 3.70. The largest absolute Gasteiger partial charge is 0.497 e. The van der Waals surface area contributed by atoms with Crippen LogP contribution >= 0.6 is 0 Å². The summed E-state index contributed by atoms with van der Waals surface area (Å²) in [5.74, 6) is 1.29. The Morgan fingerprint density at radius 3 is 2.50 bits per heavy atom. The molecule has 0 aliphatic heterocycles. The van der Waals surface area contributed by atoms with Gasteiger partial charge in [-0.1, -0.05) is 12.1 Å². The lowest BCUT2D eigenvalue weighted by Gasteiger charge is -2.14. The van der Waals surface area contributed by atoms with Gasteiger partial charge in [-0.05, 0) is 24.3 Å². The van der Waals surface area contributed by atoms with Gasteiger partial charge >= 0.3 is 0 Å². The molecule has 6 heteroatoms. The minimum absolute atomic E-state index is 0.0471. The maximum Gasteiger partial charge on any atom is 0.263 e. The van der Waals surface area contributed by atoms with Crippen LogP contribution in [0.25, 0.3) is 10.9 Å². The maximum absolute atomic E-state index is 12.8. The Morgan fingerprint density at radius 2 is 1.79 bits per heavy atom. The number of fused-ring (bicyclic) bond motifs is 1. The predicted octanol–water partition coefficient (Wildman–Crippen LogP) is 4.93. The van der Waals surface area contributed by atoms with Crippen molar-refractivity contribution in [1.29, 1.82) is 0 Å². The van der Waals surface area contributed by atoms with Gasteiger partial charge in [-0.3, -0.25) is 4.98 Å². The predicted molar refractivity (Wildman–Crippen MR) is 89.5 cm³/mol. The fourth-order valence-electron chi connectivity index (χ4n) is 2.46. The molecule has 1 heterocycles. The van der Waals surface area contributed by atoms with Crippen molar-refractivity contribution in [2.45, 2.75) is 6.43 Å². The maximum atomic E-state index is 12.8. The molecule has 0 bridgehead atoms. The van der Waals surface area contributed by atoms with Crippen LogP contribution in [0.1, 0.15) is 12.0 Å². The van der Waals surface area contributed by atoms with Crippen LogP contribution in [-0.4, -0.2) is 19.2 Å². The number of methoxy groups -OCH3 is 2. The molecule has 0 radical (unpaired) electrons. The summed E-state index contributed by atoms with van der Waals surface area (Å²) >= 11 is 0. The highest BCUT2D eigenvalue weighted by Gasteiger charge is 2.11. The van der Waals surface area contributed by atoms with Gasteiger partial charge in [0.15, 0.2) is 0 Å². The summed E-state index contributed by atoms with van der Waals surface area (Å²) in [6.45, 7) is 0. The molecular formula is C18H16F2N2O2. The monoisotopic (exact) mass is 330 g/mol. The van der Waals surface area contributed by atoms with Gasteiger partial charge in [0.25, 0.3) is 6.43 Å². The minimum atomic E-state index is -2.52. The molecule has 0 amide bonds. The smallest absolute Gasteiger partial charge is 0.263 e. The third kappa shape index (κ3) is 3.08. The van der Waals surface area contributed by atoms with Gasteiger partial charge in [-0.25, -0.2) is 8.78 Å². The van der Waals surface area contributed by atoms with Gasteiger partial charge in [0, 0.05) is 28.9 Å². The number of anilines is 2. The first kappa shape index (κ1) is 16.0. The quantitative estimate of drug-likeness (QED) is 0.720. The van der Waals surface area contributed by atoms with Gasteiger partial charge < -0.3 is 14.8 Å². The first-order chi connectivity index (χ1) is 11.6. The molecular weight excluding hydrogens is 314 g/mol. The second-order valence-electron chi connectivity index (χ2n) is 5.13. The molecule has 3 aromatic rings. The number of pyridine rings is 1. The van der Waals surface area contributed by atoms with Crippen molar-refractivity contribution < 1.29 is 18.3 Å². The van der Waals surface area contributed by atoms with Crippen molar-refractivity contribution in [2.24, 2.45) is 0 Å². The average Bonchev–Trinajstić information content (AvgIpc) is 2.61. The van der Waals surface area contributed by atoms with Gasteiger partial charge in [-0.15, -0.1) is 0 Å². The van der Waals surface area contributed by atoms with E-state index in [1.165, 1.54) is 12.1 Å². The summed E-state index contributed by atoms with van der Waals surface area (Å²) in [6, 6.07) is 11.6. The highest BCUT2D eigenvalue weighted by Crippen LogP contribution is 2.34. The molecule has 0 aliphatic rings. The number of nitrogens with one attached hydrogen (secondary N) is 1. The molecule has 0 fully saturated rings. The third-order valence-corrected chi connectivity index (χ3v) is 3.70. The van der Waals surface area contributed by atoms with E-state index in [-0.39, 0.29) is 5.56 Å². The first-order valence-corrected chi connectivity index (χ1v) is 7.28. The Morgan fingerprint density at radius 1 is 0.958 bits per heavy atom. The number of hydrogen-bond acceptors (Lipinski definition) is 4. The molecule has 1 aromatic heterocycles. The molecule has 0 unspecified atom stereocenters. The lowest BCUT2D eigenvalue weighted by molar-refractivity contribution is 0.151. The van der Waals surface area contributed by atoms with E-state index in [1.807, 2.05) is 12.1 Å². The molecule has 2 aromatic carbocycles. The van der Waals surface area contributed by atoms with E-state index in [9.17, 15) is 8.78 Å². The van der Waals surface area contributed by atoms with Crippen molar-refractivity contribution in [3.8, 4) is 11.5 Å². The van der Waals surface area contributed by atoms with E-state index in [0.717, 1.165) is 16.8 Å². The van der Waals surface area contributed by atoms with Crippen LogP contribution in [0, 0.1) is 0 Å². The van der Waals surface area contributed by atoms with E-state index in [1.54, 1.807) is 38.6 Å². The second-order valence-corrected chi connectivity index (χ2v) is 5.13. The Kier molecular flexibility index (Phi) is 4.46. The normalized spacial score (nSPS) is 10.9. The SMILES string of the molecule is COc1ccc(Nc2ccnc3cc(C(F)F)ccc23)c(OC)c1. The Bertz CT molecular complexity index is 869. The van der Waals surface area contributed by atoms with Gasteiger partial charge in [-0.2, -0.15) is 0 Å². The van der Waals surface area contributed by atoms with E-state index in [0.29, 0.717) is 17.0 Å². The zero-order valence-corrected chi connectivity index (χ0v) is 13.2. The summed E-state index contributed by atoms with van der Waals surface area (Å²) in [4.78, 5) is 4.17. The van der Waals surface area contributed by atoms with Gasteiger partial charge in [0.2, 0.25) is 0 Å². The van der Waals surface area contributed by atoms with Crippen molar-refractivity contribution in [3.63, 3.8) is 0 Å². The Labute approximate surface area is 138 Å². The Hall–Kier alpha value is -2.89. The summed E-state index contributed by atoms with van der Waals surface area (Å²) in [6.07, 6.45) is -0.940. The van der Waals surface area contributed by atoms with Crippen LogP contribution in [0.15, 0.2) is 48.7 Å². The van der Waals surface area contributed by atoms with Gasteiger partial charge in [0.1, 0.15) is 11.5 Å². The van der Waals surface area contributed by atoms with Crippen LogP contribution in [-0.2, 0) is 0 Å². The number of benzene rings is 2. The average molecular weight is 330 g/mol. The molecule has 3 rings (SSSR count). The lowest BCUT2D eigenvalue weighted by Crippen LogP contribution is -1.97. The molecule has 0 saturated heterocycles. The zero-order valence-electron chi connectivity index (χ0n) is 13.2. The van der Waals surface area contributed by atoms with E-state index in [2.05, 4.69) is 10.3 Å². The second kappa shape index (κ2) is 6.70. The fourth-order valence-corrected chi connectivity index (χ4v) is 2.46. The standard InChI is InChI=1S/C18H16F2N2O2/c1-23-12-4-6-15(17(10-12)24-2)22-14-7-8-21-16-9-11(18(19)20)3-5-13(14)16/h3-10,18H,1-2H3,(H,21,22).